The summed E-state index contributed by atoms with van der Waals surface area (Å²) in [5.74, 6) is 1.81. The molecule has 0 radical (unpaired) electrons. The van der Waals surface area contributed by atoms with E-state index in [1.807, 2.05) is 18.4 Å². The number of aryl methyl sites for hydroxylation is 1. The van der Waals surface area contributed by atoms with Crippen LogP contribution in [0.4, 0.5) is 5.82 Å². The maximum atomic E-state index is 5.71. The van der Waals surface area contributed by atoms with Crippen LogP contribution in [0.1, 0.15) is 50.2 Å². The highest BCUT2D eigenvalue weighted by Crippen LogP contribution is 2.44. The summed E-state index contributed by atoms with van der Waals surface area (Å²) >= 11 is 3.30. The second-order valence-corrected chi connectivity index (χ2v) is 9.53. The lowest BCUT2D eigenvalue weighted by atomic mass is 10.0. The van der Waals surface area contributed by atoms with Crippen LogP contribution in [0.2, 0.25) is 0 Å². The summed E-state index contributed by atoms with van der Waals surface area (Å²) in [6.07, 6.45) is 12.0. The van der Waals surface area contributed by atoms with Crippen LogP contribution in [0.25, 0.3) is 31.9 Å². The van der Waals surface area contributed by atoms with Gasteiger partial charge in [0.05, 0.1) is 16.5 Å². The van der Waals surface area contributed by atoms with Gasteiger partial charge in [0, 0.05) is 11.9 Å². The number of anilines is 1. The molecule has 1 aliphatic rings. The van der Waals surface area contributed by atoms with E-state index in [2.05, 4.69) is 12.2 Å². The zero-order valence-corrected chi connectivity index (χ0v) is 19.1. The molecular formula is C23H26N4OS2. The van der Waals surface area contributed by atoms with Crippen molar-refractivity contribution < 1.29 is 4.42 Å². The Balaban J connectivity index is 1.64. The number of nitrogens with one attached hydrogen (secondary N) is 1. The van der Waals surface area contributed by atoms with E-state index in [-0.39, 0.29) is 0 Å². The summed E-state index contributed by atoms with van der Waals surface area (Å²) in [5, 5.41) is 5.64. The van der Waals surface area contributed by atoms with E-state index in [4.69, 9.17) is 19.4 Å². The lowest BCUT2D eigenvalue weighted by molar-refractivity contribution is 0.579. The number of fused-ring (bicyclic) bond motifs is 5. The smallest absolute Gasteiger partial charge is 0.189 e. The number of thiophene rings is 1. The summed E-state index contributed by atoms with van der Waals surface area (Å²) in [6.45, 7) is 3.18. The Kier molecular flexibility index (Phi) is 5.65. The van der Waals surface area contributed by atoms with Gasteiger partial charge in [0.1, 0.15) is 16.3 Å². The van der Waals surface area contributed by atoms with Crippen LogP contribution in [-0.4, -0.2) is 27.8 Å². The maximum Gasteiger partial charge on any atom is 0.189 e. The van der Waals surface area contributed by atoms with E-state index < -0.39 is 0 Å². The van der Waals surface area contributed by atoms with Crippen LogP contribution in [0.5, 0.6) is 0 Å². The number of rotatable bonds is 8. The van der Waals surface area contributed by atoms with Crippen LogP contribution >= 0.6 is 23.1 Å². The van der Waals surface area contributed by atoms with Gasteiger partial charge in [-0.15, -0.1) is 11.3 Å². The minimum absolute atomic E-state index is 0.820. The number of thioether (sulfide) groups is 1. The molecule has 4 aromatic heterocycles. The molecular weight excluding hydrogens is 412 g/mol. The normalized spacial score (nSPS) is 13.4. The zero-order chi connectivity index (χ0) is 20.5. The van der Waals surface area contributed by atoms with Crippen molar-refractivity contribution in [3.8, 4) is 11.5 Å². The molecule has 1 N–H and O–H groups in total. The van der Waals surface area contributed by atoms with Crippen molar-refractivity contribution in [2.24, 2.45) is 0 Å². The third-order valence-electron chi connectivity index (χ3n) is 5.77. The lowest BCUT2D eigenvalue weighted by Crippen LogP contribution is -2.04. The molecule has 5 nitrogen and oxygen atoms in total. The predicted molar refractivity (Wildman–Crippen MR) is 127 cm³/mol. The first kappa shape index (κ1) is 19.8. The number of aromatic nitrogens is 3. The highest BCUT2D eigenvalue weighted by molar-refractivity contribution is 7.98. The summed E-state index contributed by atoms with van der Waals surface area (Å²) in [4.78, 5) is 15.8. The largest absolute Gasteiger partial charge is 0.463 e. The van der Waals surface area contributed by atoms with E-state index in [0.29, 0.717) is 0 Å². The third-order valence-corrected chi connectivity index (χ3v) is 7.40. The minimum atomic E-state index is 0.820. The Morgan fingerprint density at radius 2 is 2.03 bits per heavy atom. The highest BCUT2D eigenvalue weighted by Gasteiger charge is 2.26. The van der Waals surface area contributed by atoms with Crippen molar-refractivity contribution in [1.29, 1.82) is 0 Å². The molecule has 0 fully saturated rings. The molecule has 0 aromatic carbocycles. The van der Waals surface area contributed by atoms with Gasteiger partial charge in [-0.2, -0.15) is 0 Å². The second kappa shape index (κ2) is 8.55. The first-order valence-electron chi connectivity index (χ1n) is 10.8. The summed E-state index contributed by atoms with van der Waals surface area (Å²) in [7, 11) is 0. The molecule has 7 heteroatoms. The molecule has 1 aliphatic carbocycles. The van der Waals surface area contributed by atoms with Crippen molar-refractivity contribution in [2.75, 3.05) is 18.1 Å². The number of pyridine rings is 1. The topological polar surface area (TPSA) is 63.8 Å². The van der Waals surface area contributed by atoms with E-state index in [1.165, 1.54) is 35.8 Å². The zero-order valence-electron chi connectivity index (χ0n) is 17.5. The molecule has 30 heavy (non-hydrogen) atoms. The molecule has 0 amide bonds. The van der Waals surface area contributed by atoms with E-state index in [9.17, 15) is 0 Å². The van der Waals surface area contributed by atoms with Crippen LogP contribution < -0.4 is 5.32 Å². The molecule has 0 spiro atoms. The third kappa shape index (κ3) is 3.48. The fourth-order valence-electron chi connectivity index (χ4n) is 4.33. The average molecular weight is 439 g/mol. The van der Waals surface area contributed by atoms with E-state index in [1.54, 1.807) is 29.4 Å². The van der Waals surface area contributed by atoms with Gasteiger partial charge in [-0.25, -0.2) is 15.0 Å². The van der Waals surface area contributed by atoms with E-state index >= 15 is 0 Å². The van der Waals surface area contributed by atoms with Gasteiger partial charge >= 0.3 is 0 Å². The number of hydrogen-bond acceptors (Lipinski definition) is 7. The van der Waals surface area contributed by atoms with Gasteiger partial charge in [0.15, 0.2) is 10.9 Å². The Labute approximate surface area is 184 Å². The molecule has 0 unspecified atom stereocenters. The molecule has 0 bridgehead atoms. The summed E-state index contributed by atoms with van der Waals surface area (Å²) in [6, 6.07) is 3.94. The fourth-order valence-corrected chi connectivity index (χ4v) is 5.81. The maximum absolute atomic E-state index is 5.71. The van der Waals surface area contributed by atoms with Crippen molar-refractivity contribution in [1.82, 2.24) is 15.0 Å². The molecule has 0 saturated carbocycles. The first-order valence-corrected chi connectivity index (χ1v) is 12.8. The van der Waals surface area contributed by atoms with Crippen molar-refractivity contribution >= 4 is 49.3 Å². The number of unbranched alkanes of at least 4 members (excludes halogenated alkanes) is 3. The Bertz CT molecular complexity index is 1180. The quantitative estimate of drug-likeness (QED) is 0.187. The fraction of sp³-hybridized carbons (Fsp3) is 0.435. The van der Waals surface area contributed by atoms with Crippen LogP contribution in [0.3, 0.4) is 0 Å². The molecule has 4 heterocycles. The van der Waals surface area contributed by atoms with Gasteiger partial charge < -0.3 is 9.73 Å². The molecule has 156 valence electrons. The summed E-state index contributed by atoms with van der Waals surface area (Å²) in [5.41, 5.74) is 4.79. The molecule has 4 aromatic rings. The van der Waals surface area contributed by atoms with Gasteiger partial charge in [-0.1, -0.05) is 37.9 Å². The average Bonchev–Trinajstić information content (AvgIpc) is 3.51. The van der Waals surface area contributed by atoms with Crippen molar-refractivity contribution in [3.05, 3.63) is 29.5 Å². The molecule has 0 aliphatic heterocycles. The summed E-state index contributed by atoms with van der Waals surface area (Å²) < 4.78 is 6.83. The Morgan fingerprint density at radius 1 is 1.13 bits per heavy atom. The Morgan fingerprint density at radius 3 is 2.83 bits per heavy atom. The van der Waals surface area contributed by atoms with Gasteiger partial charge in [0.2, 0.25) is 0 Å². The number of hydrogen-bond donors (Lipinski definition) is 1. The number of furan rings is 1. The van der Waals surface area contributed by atoms with Crippen molar-refractivity contribution in [3.63, 3.8) is 0 Å². The van der Waals surface area contributed by atoms with Crippen molar-refractivity contribution in [2.45, 2.75) is 57.0 Å². The minimum Gasteiger partial charge on any atom is -0.463 e. The van der Waals surface area contributed by atoms with E-state index in [0.717, 1.165) is 69.7 Å². The van der Waals surface area contributed by atoms with Crippen LogP contribution in [-0.2, 0) is 12.8 Å². The first-order chi connectivity index (χ1) is 14.8. The monoisotopic (exact) mass is 438 g/mol. The van der Waals surface area contributed by atoms with Gasteiger partial charge in [-0.3, -0.25) is 0 Å². The molecule has 0 saturated heterocycles. The second-order valence-electron chi connectivity index (χ2n) is 7.75. The lowest BCUT2D eigenvalue weighted by Gasteiger charge is -2.09. The molecule has 0 atom stereocenters. The van der Waals surface area contributed by atoms with Gasteiger partial charge in [-0.05, 0) is 55.2 Å². The predicted octanol–water partition coefficient (Wildman–Crippen LogP) is 6.70. The number of nitrogens with zero attached hydrogens (tertiary/aromatic N) is 3. The molecule has 5 rings (SSSR count). The van der Waals surface area contributed by atoms with Crippen LogP contribution in [0, 0.1) is 0 Å². The standard InChI is InChI=1S/C23H26N4OS2/c1-3-4-5-6-12-24-21-20-19(26-23(27-21)29-2)17-14-9-7-10-15(14)18(25-22(17)30-20)16-11-8-13-28-16/h8,11,13H,3-7,9-10,12H2,1-2H3,(H,24,26,27). The van der Waals surface area contributed by atoms with Gasteiger partial charge in [0.25, 0.3) is 0 Å². The van der Waals surface area contributed by atoms with Crippen LogP contribution in [0.15, 0.2) is 28.0 Å². The SMILES string of the molecule is CCCCCCNc1nc(SC)nc2c1sc1nc(-c3ccco3)c3c(c12)CCC3. The highest BCUT2D eigenvalue weighted by atomic mass is 32.2. The Hall–Kier alpha value is -2.12.